The molecule has 1 saturated carbocycles. The predicted octanol–water partition coefficient (Wildman–Crippen LogP) is 5.33. The molecule has 0 aromatic heterocycles. The molecule has 1 fully saturated rings. The van der Waals surface area contributed by atoms with Gasteiger partial charge in [0, 0.05) is 4.47 Å². The normalized spacial score (nSPS) is 16.5. The van der Waals surface area contributed by atoms with Crippen molar-refractivity contribution in [3.05, 3.63) is 69.2 Å². The highest BCUT2D eigenvalue weighted by Gasteiger charge is 2.25. The highest BCUT2D eigenvalue weighted by molar-refractivity contribution is 9.10. The lowest BCUT2D eigenvalue weighted by Gasteiger charge is -2.31. The topological polar surface area (TPSA) is 12.0 Å². The molecule has 21 heavy (non-hydrogen) atoms. The fraction of sp³-hybridized carbons (Fsp3) is 0.368. The summed E-state index contributed by atoms with van der Waals surface area (Å²) in [5.41, 5.74) is 5.66. The fourth-order valence-electron chi connectivity index (χ4n) is 3.27. The maximum atomic E-state index is 3.61. The van der Waals surface area contributed by atoms with Crippen molar-refractivity contribution in [2.45, 2.75) is 38.1 Å². The van der Waals surface area contributed by atoms with Crippen LogP contribution in [0.3, 0.4) is 0 Å². The van der Waals surface area contributed by atoms with Gasteiger partial charge >= 0.3 is 0 Å². The lowest BCUT2D eigenvalue weighted by atomic mass is 9.76. The maximum Gasteiger partial charge on any atom is 0.0580 e. The number of aryl methyl sites for hydroxylation is 1. The van der Waals surface area contributed by atoms with Crippen molar-refractivity contribution in [2.24, 2.45) is 0 Å². The molecule has 0 aliphatic heterocycles. The monoisotopic (exact) mass is 343 g/mol. The van der Waals surface area contributed by atoms with E-state index in [0.717, 1.165) is 10.4 Å². The Morgan fingerprint density at radius 1 is 1.10 bits per heavy atom. The van der Waals surface area contributed by atoms with Crippen LogP contribution in [0.15, 0.2) is 46.9 Å². The molecule has 1 nitrogen and oxygen atoms in total. The van der Waals surface area contributed by atoms with Gasteiger partial charge < -0.3 is 5.32 Å². The quantitative estimate of drug-likeness (QED) is 0.790. The second-order valence-electron chi connectivity index (χ2n) is 5.98. The number of nitrogens with one attached hydrogen (secondary N) is 1. The molecule has 0 heterocycles. The Labute approximate surface area is 135 Å². The summed E-state index contributed by atoms with van der Waals surface area (Å²) < 4.78 is 1.14. The Hall–Kier alpha value is -1.12. The maximum absolute atomic E-state index is 3.61. The van der Waals surface area contributed by atoms with Gasteiger partial charge in [-0.3, -0.25) is 0 Å². The molecule has 2 aromatic carbocycles. The summed E-state index contributed by atoms with van der Waals surface area (Å²) >= 11 is 3.61. The van der Waals surface area contributed by atoms with Gasteiger partial charge in [-0.05, 0) is 67.1 Å². The van der Waals surface area contributed by atoms with E-state index in [2.05, 4.69) is 77.7 Å². The third-order valence-corrected chi connectivity index (χ3v) is 5.19. The first-order chi connectivity index (χ1) is 10.2. The number of halogens is 1. The molecular formula is C19H22BrN. The molecule has 0 spiro atoms. The second-order valence-corrected chi connectivity index (χ2v) is 6.90. The molecule has 0 radical (unpaired) electrons. The van der Waals surface area contributed by atoms with Gasteiger partial charge in [-0.15, -0.1) is 0 Å². The van der Waals surface area contributed by atoms with E-state index < -0.39 is 0 Å². The molecular weight excluding hydrogens is 322 g/mol. The summed E-state index contributed by atoms with van der Waals surface area (Å²) in [5, 5.41) is 3.53. The molecule has 1 N–H and O–H groups in total. The average molecular weight is 344 g/mol. The minimum Gasteiger partial charge on any atom is -0.309 e. The van der Waals surface area contributed by atoms with E-state index in [1.807, 2.05) is 0 Å². The third kappa shape index (κ3) is 2.93. The van der Waals surface area contributed by atoms with Crippen molar-refractivity contribution in [3.63, 3.8) is 0 Å². The summed E-state index contributed by atoms with van der Waals surface area (Å²) in [4.78, 5) is 0. The smallest absolute Gasteiger partial charge is 0.0580 e. The van der Waals surface area contributed by atoms with E-state index in [1.54, 1.807) is 0 Å². The van der Waals surface area contributed by atoms with Crippen LogP contribution >= 0.6 is 15.9 Å². The molecule has 2 aromatic rings. The summed E-state index contributed by atoms with van der Waals surface area (Å²) in [6.07, 6.45) is 4.05. The van der Waals surface area contributed by atoms with Crippen LogP contribution in [0.1, 0.15) is 53.5 Å². The van der Waals surface area contributed by atoms with Gasteiger partial charge in [0.25, 0.3) is 0 Å². The highest BCUT2D eigenvalue weighted by Crippen LogP contribution is 2.41. The van der Waals surface area contributed by atoms with Gasteiger partial charge in [0.05, 0.1) is 6.04 Å². The van der Waals surface area contributed by atoms with Crippen molar-refractivity contribution in [2.75, 3.05) is 7.05 Å². The molecule has 1 aliphatic rings. The SMILES string of the molecule is CNC(c1cc(Br)ccc1C)c1ccccc1C1CCC1. The van der Waals surface area contributed by atoms with E-state index in [-0.39, 0.29) is 6.04 Å². The van der Waals surface area contributed by atoms with Crippen LogP contribution in [-0.2, 0) is 0 Å². The zero-order chi connectivity index (χ0) is 14.8. The zero-order valence-electron chi connectivity index (χ0n) is 12.7. The van der Waals surface area contributed by atoms with Crippen molar-refractivity contribution >= 4 is 15.9 Å². The number of hydrogen-bond donors (Lipinski definition) is 1. The van der Waals surface area contributed by atoms with Crippen LogP contribution in [0.4, 0.5) is 0 Å². The van der Waals surface area contributed by atoms with Crippen LogP contribution in [0, 0.1) is 6.92 Å². The molecule has 0 saturated heterocycles. The first-order valence-corrected chi connectivity index (χ1v) is 8.52. The van der Waals surface area contributed by atoms with Crippen LogP contribution in [0.5, 0.6) is 0 Å². The van der Waals surface area contributed by atoms with Crippen molar-refractivity contribution in [1.82, 2.24) is 5.32 Å². The van der Waals surface area contributed by atoms with Gasteiger partial charge in [-0.25, -0.2) is 0 Å². The van der Waals surface area contributed by atoms with Gasteiger partial charge in [-0.1, -0.05) is 52.7 Å². The average Bonchev–Trinajstić information content (AvgIpc) is 2.43. The lowest BCUT2D eigenvalue weighted by molar-refractivity contribution is 0.415. The van der Waals surface area contributed by atoms with Crippen molar-refractivity contribution in [1.29, 1.82) is 0 Å². The first-order valence-electron chi connectivity index (χ1n) is 7.73. The number of rotatable bonds is 4. The largest absolute Gasteiger partial charge is 0.309 e. The standard InChI is InChI=1S/C19H22BrN/c1-13-10-11-15(20)12-18(13)19(21-2)17-9-4-3-8-16(17)14-6-5-7-14/h3-4,8-12,14,19,21H,5-7H2,1-2H3. The predicted molar refractivity (Wildman–Crippen MR) is 92.8 cm³/mol. The Kier molecular flexibility index (Phi) is 4.46. The summed E-state index contributed by atoms with van der Waals surface area (Å²) in [6, 6.07) is 15.8. The Morgan fingerprint density at radius 3 is 2.52 bits per heavy atom. The highest BCUT2D eigenvalue weighted by atomic mass is 79.9. The molecule has 3 rings (SSSR count). The first kappa shape index (κ1) is 14.8. The molecule has 1 atom stereocenters. The zero-order valence-corrected chi connectivity index (χ0v) is 14.3. The second kappa shape index (κ2) is 6.33. The summed E-state index contributed by atoms with van der Waals surface area (Å²) in [6.45, 7) is 2.19. The van der Waals surface area contributed by atoms with Crippen LogP contribution in [0.25, 0.3) is 0 Å². The number of benzene rings is 2. The molecule has 110 valence electrons. The van der Waals surface area contributed by atoms with Gasteiger partial charge in [0.2, 0.25) is 0 Å². The van der Waals surface area contributed by atoms with Crippen LogP contribution < -0.4 is 5.32 Å². The van der Waals surface area contributed by atoms with E-state index in [4.69, 9.17) is 0 Å². The molecule has 2 heteroatoms. The van der Waals surface area contributed by atoms with Crippen molar-refractivity contribution in [3.8, 4) is 0 Å². The number of hydrogen-bond acceptors (Lipinski definition) is 1. The summed E-state index contributed by atoms with van der Waals surface area (Å²) in [5.74, 6) is 0.754. The minimum absolute atomic E-state index is 0.263. The van der Waals surface area contributed by atoms with Gasteiger partial charge in [0.1, 0.15) is 0 Å². The van der Waals surface area contributed by atoms with Crippen LogP contribution in [0.2, 0.25) is 0 Å². The van der Waals surface area contributed by atoms with E-state index in [9.17, 15) is 0 Å². The molecule has 1 aliphatic carbocycles. The Morgan fingerprint density at radius 2 is 1.86 bits per heavy atom. The van der Waals surface area contributed by atoms with Gasteiger partial charge in [0.15, 0.2) is 0 Å². The third-order valence-electron chi connectivity index (χ3n) is 4.69. The van der Waals surface area contributed by atoms with Gasteiger partial charge in [-0.2, -0.15) is 0 Å². The Bertz CT molecular complexity index is 631. The van der Waals surface area contributed by atoms with E-state index in [0.29, 0.717) is 0 Å². The Balaban J connectivity index is 2.06. The molecule has 1 unspecified atom stereocenters. The fourth-order valence-corrected chi connectivity index (χ4v) is 3.64. The van der Waals surface area contributed by atoms with Crippen LogP contribution in [-0.4, -0.2) is 7.05 Å². The summed E-state index contributed by atoms with van der Waals surface area (Å²) in [7, 11) is 2.06. The molecule has 0 amide bonds. The lowest BCUT2D eigenvalue weighted by Crippen LogP contribution is -2.22. The van der Waals surface area contributed by atoms with E-state index >= 15 is 0 Å². The van der Waals surface area contributed by atoms with E-state index in [1.165, 1.54) is 41.5 Å². The minimum atomic E-state index is 0.263. The van der Waals surface area contributed by atoms with Crippen molar-refractivity contribution < 1.29 is 0 Å². The molecule has 0 bridgehead atoms.